The standard InChI is InChI=1S/C14H18ClFN2O/c1-11-9-17(6-7-18(11)14(19)8-15)10-12-2-4-13(16)5-3-12/h2-5,11H,6-10H2,1H3/t11-/m1/s1. The van der Waals surface area contributed by atoms with E-state index < -0.39 is 0 Å². The molecule has 2 rings (SSSR count). The van der Waals surface area contributed by atoms with E-state index in [4.69, 9.17) is 11.6 Å². The third-order valence-corrected chi connectivity index (χ3v) is 3.69. The minimum atomic E-state index is -0.213. The molecule has 104 valence electrons. The maximum atomic E-state index is 12.8. The highest BCUT2D eigenvalue weighted by Crippen LogP contribution is 2.14. The van der Waals surface area contributed by atoms with Gasteiger partial charge in [0.05, 0.1) is 0 Å². The van der Waals surface area contributed by atoms with Gasteiger partial charge in [-0.3, -0.25) is 9.69 Å². The smallest absolute Gasteiger partial charge is 0.237 e. The van der Waals surface area contributed by atoms with Gasteiger partial charge in [-0.2, -0.15) is 0 Å². The maximum Gasteiger partial charge on any atom is 0.237 e. The summed E-state index contributed by atoms with van der Waals surface area (Å²) >= 11 is 5.59. The molecule has 0 aliphatic carbocycles. The quantitative estimate of drug-likeness (QED) is 0.794. The van der Waals surface area contributed by atoms with Crippen LogP contribution in [0.25, 0.3) is 0 Å². The predicted octanol–water partition coefficient (Wildman–Crippen LogP) is 2.10. The summed E-state index contributed by atoms with van der Waals surface area (Å²) in [6, 6.07) is 6.73. The van der Waals surface area contributed by atoms with Crippen LogP contribution in [0.3, 0.4) is 0 Å². The zero-order chi connectivity index (χ0) is 13.8. The van der Waals surface area contributed by atoms with Gasteiger partial charge in [-0.15, -0.1) is 11.6 Å². The van der Waals surface area contributed by atoms with E-state index in [1.165, 1.54) is 12.1 Å². The molecular weight excluding hydrogens is 267 g/mol. The van der Waals surface area contributed by atoms with E-state index in [9.17, 15) is 9.18 Å². The molecule has 3 nitrogen and oxygen atoms in total. The fourth-order valence-electron chi connectivity index (χ4n) is 2.47. The van der Waals surface area contributed by atoms with Crippen molar-refractivity contribution in [3.63, 3.8) is 0 Å². The molecule has 1 fully saturated rings. The number of piperazine rings is 1. The second-order valence-electron chi connectivity index (χ2n) is 4.93. The van der Waals surface area contributed by atoms with E-state index in [0.29, 0.717) is 6.54 Å². The van der Waals surface area contributed by atoms with Gasteiger partial charge in [-0.25, -0.2) is 4.39 Å². The van der Waals surface area contributed by atoms with Gasteiger partial charge in [0.15, 0.2) is 0 Å². The lowest BCUT2D eigenvalue weighted by Crippen LogP contribution is -2.53. The first-order valence-electron chi connectivity index (χ1n) is 6.42. The number of benzene rings is 1. The summed E-state index contributed by atoms with van der Waals surface area (Å²) in [5.74, 6) is -0.173. The van der Waals surface area contributed by atoms with E-state index in [1.54, 1.807) is 12.1 Å². The molecule has 0 aromatic heterocycles. The van der Waals surface area contributed by atoms with E-state index in [0.717, 1.165) is 25.2 Å². The van der Waals surface area contributed by atoms with Crippen LogP contribution in [-0.4, -0.2) is 47.3 Å². The molecule has 0 unspecified atom stereocenters. The normalized spacial score (nSPS) is 20.6. The minimum Gasteiger partial charge on any atom is -0.336 e. The number of carbonyl (C=O) groups is 1. The lowest BCUT2D eigenvalue weighted by atomic mass is 10.1. The zero-order valence-corrected chi connectivity index (χ0v) is 11.7. The average molecular weight is 285 g/mol. The zero-order valence-electron chi connectivity index (χ0n) is 11.0. The molecule has 1 aromatic carbocycles. The highest BCUT2D eigenvalue weighted by molar-refractivity contribution is 6.27. The van der Waals surface area contributed by atoms with Crippen molar-refractivity contribution in [2.24, 2.45) is 0 Å². The van der Waals surface area contributed by atoms with Crippen LogP contribution in [0.5, 0.6) is 0 Å². The molecule has 1 heterocycles. The predicted molar refractivity (Wildman–Crippen MR) is 73.6 cm³/mol. The Labute approximate surface area is 117 Å². The average Bonchev–Trinajstić information content (AvgIpc) is 2.41. The summed E-state index contributed by atoms with van der Waals surface area (Å²) in [6.45, 7) is 5.16. The van der Waals surface area contributed by atoms with Gasteiger partial charge < -0.3 is 4.90 Å². The molecule has 1 atom stereocenters. The molecule has 0 radical (unpaired) electrons. The first-order valence-corrected chi connectivity index (χ1v) is 6.96. The van der Waals surface area contributed by atoms with Crippen molar-refractivity contribution in [3.05, 3.63) is 35.6 Å². The molecule has 0 spiro atoms. The third kappa shape index (κ3) is 3.67. The Morgan fingerprint density at radius 1 is 1.37 bits per heavy atom. The fraction of sp³-hybridized carbons (Fsp3) is 0.500. The number of amides is 1. The summed E-state index contributed by atoms with van der Waals surface area (Å²) in [5, 5.41) is 0. The number of nitrogens with zero attached hydrogens (tertiary/aromatic N) is 2. The van der Waals surface area contributed by atoms with Crippen molar-refractivity contribution in [2.75, 3.05) is 25.5 Å². The van der Waals surface area contributed by atoms with Crippen LogP contribution < -0.4 is 0 Å². The van der Waals surface area contributed by atoms with Crippen LogP contribution in [0.4, 0.5) is 4.39 Å². The Hall–Kier alpha value is -1.13. The van der Waals surface area contributed by atoms with Crippen LogP contribution in [0.15, 0.2) is 24.3 Å². The second-order valence-corrected chi connectivity index (χ2v) is 5.20. The first-order chi connectivity index (χ1) is 9.10. The Kier molecular flexibility index (Phi) is 4.77. The minimum absolute atomic E-state index is 0.00408. The topological polar surface area (TPSA) is 23.6 Å². The van der Waals surface area contributed by atoms with E-state index in [-0.39, 0.29) is 23.6 Å². The molecule has 1 aliphatic heterocycles. The third-order valence-electron chi connectivity index (χ3n) is 3.47. The number of hydrogen-bond acceptors (Lipinski definition) is 2. The van der Waals surface area contributed by atoms with E-state index in [1.807, 2.05) is 11.8 Å². The highest BCUT2D eigenvalue weighted by atomic mass is 35.5. The van der Waals surface area contributed by atoms with Gasteiger partial charge in [0.1, 0.15) is 11.7 Å². The molecule has 0 bridgehead atoms. The molecule has 1 saturated heterocycles. The van der Waals surface area contributed by atoms with E-state index in [2.05, 4.69) is 4.90 Å². The lowest BCUT2D eigenvalue weighted by molar-refractivity contribution is -0.132. The summed E-state index contributed by atoms with van der Waals surface area (Å²) in [7, 11) is 0. The Bertz CT molecular complexity index is 438. The van der Waals surface area contributed by atoms with E-state index >= 15 is 0 Å². The fourth-order valence-corrected chi connectivity index (χ4v) is 2.63. The van der Waals surface area contributed by atoms with Gasteiger partial charge in [-0.05, 0) is 24.6 Å². The number of alkyl halides is 1. The van der Waals surface area contributed by atoms with Crippen molar-refractivity contribution in [3.8, 4) is 0 Å². The van der Waals surface area contributed by atoms with Gasteiger partial charge in [0.25, 0.3) is 0 Å². The highest BCUT2D eigenvalue weighted by Gasteiger charge is 2.26. The summed E-state index contributed by atoms with van der Waals surface area (Å²) in [4.78, 5) is 15.7. The van der Waals surface area contributed by atoms with Crippen molar-refractivity contribution >= 4 is 17.5 Å². The lowest BCUT2D eigenvalue weighted by Gasteiger charge is -2.39. The maximum absolute atomic E-state index is 12.8. The van der Waals surface area contributed by atoms with Crippen LogP contribution in [0.2, 0.25) is 0 Å². The molecule has 1 amide bonds. The molecular formula is C14H18ClFN2O. The van der Waals surface area contributed by atoms with Crippen LogP contribution in [0.1, 0.15) is 12.5 Å². The number of halogens is 2. The van der Waals surface area contributed by atoms with Gasteiger partial charge >= 0.3 is 0 Å². The van der Waals surface area contributed by atoms with Gasteiger partial charge in [0, 0.05) is 32.2 Å². The molecule has 1 aliphatic rings. The van der Waals surface area contributed by atoms with Crippen molar-refractivity contribution in [1.29, 1.82) is 0 Å². The van der Waals surface area contributed by atoms with Crippen molar-refractivity contribution in [1.82, 2.24) is 9.80 Å². The molecule has 5 heteroatoms. The molecule has 0 N–H and O–H groups in total. The molecule has 0 saturated carbocycles. The largest absolute Gasteiger partial charge is 0.336 e. The summed E-state index contributed by atoms with van der Waals surface area (Å²) in [6.07, 6.45) is 0. The molecule has 19 heavy (non-hydrogen) atoms. The monoisotopic (exact) mass is 284 g/mol. The van der Waals surface area contributed by atoms with Gasteiger partial charge in [-0.1, -0.05) is 12.1 Å². The second kappa shape index (κ2) is 6.35. The SMILES string of the molecule is C[C@@H]1CN(Cc2ccc(F)cc2)CCN1C(=O)CCl. The Morgan fingerprint density at radius 2 is 2.05 bits per heavy atom. The number of carbonyl (C=O) groups excluding carboxylic acids is 1. The Morgan fingerprint density at radius 3 is 2.63 bits per heavy atom. The summed E-state index contributed by atoms with van der Waals surface area (Å²) in [5.41, 5.74) is 1.09. The number of hydrogen-bond donors (Lipinski definition) is 0. The first kappa shape index (κ1) is 14.3. The summed E-state index contributed by atoms with van der Waals surface area (Å²) < 4.78 is 12.8. The number of rotatable bonds is 3. The van der Waals surface area contributed by atoms with Crippen LogP contribution >= 0.6 is 11.6 Å². The van der Waals surface area contributed by atoms with Gasteiger partial charge in [0.2, 0.25) is 5.91 Å². The molecule has 1 aromatic rings. The van der Waals surface area contributed by atoms with Crippen molar-refractivity contribution < 1.29 is 9.18 Å². The van der Waals surface area contributed by atoms with Crippen LogP contribution in [0, 0.1) is 5.82 Å². The van der Waals surface area contributed by atoms with Crippen molar-refractivity contribution in [2.45, 2.75) is 19.5 Å². The Balaban J connectivity index is 1.91. The van der Waals surface area contributed by atoms with Crippen LogP contribution in [-0.2, 0) is 11.3 Å².